The summed E-state index contributed by atoms with van der Waals surface area (Å²) in [5, 5.41) is 13.9. The molecule has 1 N–H and O–H groups in total. The molecule has 0 saturated heterocycles. The van der Waals surface area contributed by atoms with Crippen LogP contribution in [0.1, 0.15) is 31.9 Å². The number of nitrogens with one attached hydrogen (secondary N) is 1. The van der Waals surface area contributed by atoms with Gasteiger partial charge in [0, 0.05) is 13.5 Å². The molecule has 0 fully saturated rings. The number of ketones is 1. The normalized spacial score (nSPS) is 11.1. The number of aromatic nitrogens is 2. The highest BCUT2D eigenvalue weighted by atomic mass is 35.5. The first-order valence-electron chi connectivity index (χ1n) is 11.1. The smallest absolute Gasteiger partial charge is 0.331 e. The molecular weight excluding hydrogens is 507 g/mol. The van der Waals surface area contributed by atoms with Crippen LogP contribution in [0, 0.1) is 16.7 Å². The number of carbonyl (C=O) groups excluding carboxylic acids is 3. The number of Topliss-reactive ketones (excluding diaryl/α,β-unsaturated/α-hetero) is 1. The van der Waals surface area contributed by atoms with Gasteiger partial charge in [-0.25, -0.2) is 4.98 Å². The minimum absolute atomic E-state index is 0.0429. The zero-order chi connectivity index (χ0) is 26.6. The summed E-state index contributed by atoms with van der Waals surface area (Å²) in [4.78, 5) is 43.2. The van der Waals surface area contributed by atoms with Gasteiger partial charge in [0.25, 0.3) is 0 Å². The van der Waals surface area contributed by atoms with Crippen molar-refractivity contribution >= 4 is 63.6 Å². The number of nitrogens with zero attached hydrogens (tertiary/aromatic N) is 3. The molecule has 9 nitrogen and oxygen atoms in total. The van der Waals surface area contributed by atoms with Gasteiger partial charge in [0.15, 0.2) is 5.78 Å². The predicted molar refractivity (Wildman–Crippen MR) is 135 cm³/mol. The lowest BCUT2D eigenvalue weighted by atomic mass is 9.77. The highest BCUT2D eigenvalue weighted by Gasteiger charge is 2.54. The first kappa shape index (κ1) is 27.0. The summed E-state index contributed by atoms with van der Waals surface area (Å²) in [6.07, 6.45) is -0.414. The second kappa shape index (κ2) is 11.0. The van der Waals surface area contributed by atoms with E-state index < -0.39 is 29.6 Å². The minimum Gasteiger partial charge on any atom is -0.465 e. The van der Waals surface area contributed by atoms with E-state index in [-0.39, 0.29) is 24.3 Å². The number of fused-ring (bicyclic) bond motifs is 1. The Morgan fingerprint density at radius 3 is 2.17 bits per heavy atom. The number of nitriles is 1. The van der Waals surface area contributed by atoms with Crippen LogP contribution >= 0.6 is 23.2 Å². The number of aryl methyl sites for hydroxylation is 1. The van der Waals surface area contributed by atoms with Crippen LogP contribution in [-0.2, 0) is 37.3 Å². The Kier molecular flexibility index (Phi) is 8.23. The number of rotatable bonds is 9. The summed E-state index contributed by atoms with van der Waals surface area (Å²) in [5.74, 6) is -2.45. The molecule has 36 heavy (non-hydrogen) atoms. The van der Waals surface area contributed by atoms with Gasteiger partial charge in [-0.05, 0) is 44.5 Å². The van der Waals surface area contributed by atoms with E-state index in [0.717, 1.165) is 6.92 Å². The lowest BCUT2D eigenvalue weighted by Crippen LogP contribution is -2.49. The van der Waals surface area contributed by atoms with E-state index in [4.69, 9.17) is 32.7 Å². The largest absolute Gasteiger partial charge is 0.465 e. The number of esters is 2. The zero-order valence-electron chi connectivity index (χ0n) is 20.1. The monoisotopic (exact) mass is 530 g/mol. The molecule has 1 aromatic heterocycles. The molecule has 0 spiro atoms. The summed E-state index contributed by atoms with van der Waals surface area (Å²) in [6.45, 7) is 4.17. The van der Waals surface area contributed by atoms with Crippen LogP contribution in [0.3, 0.4) is 0 Å². The average Bonchev–Trinajstić information content (AvgIpc) is 3.15. The molecule has 188 valence electrons. The summed E-state index contributed by atoms with van der Waals surface area (Å²) in [5.41, 5.74) is -0.504. The molecule has 0 unspecified atom stereocenters. The van der Waals surface area contributed by atoms with E-state index >= 15 is 0 Å². The van der Waals surface area contributed by atoms with E-state index in [2.05, 4.69) is 16.4 Å². The van der Waals surface area contributed by atoms with Crippen molar-refractivity contribution in [2.75, 3.05) is 18.5 Å². The number of anilines is 2. The van der Waals surface area contributed by atoms with Crippen LogP contribution in [0.5, 0.6) is 0 Å². The number of hydrogen-bond acceptors (Lipinski definition) is 8. The van der Waals surface area contributed by atoms with Gasteiger partial charge in [-0.3, -0.25) is 14.4 Å². The predicted octanol–water partition coefficient (Wildman–Crippen LogP) is 4.74. The van der Waals surface area contributed by atoms with Crippen molar-refractivity contribution in [1.82, 2.24) is 9.55 Å². The first-order chi connectivity index (χ1) is 17.1. The van der Waals surface area contributed by atoms with Crippen molar-refractivity contribution < 1.29 is 23.9 Å². The Balaban J connectivity index is 2.17. The molecule has 3 aromatic rings. The van der Waals surface area contributed by atoms with Crippen LogP contribution in [0.15, 0.2) is 30.3 Å². The van der Waals surface area contributed by atoms with Crippen LogP contribution in [-0.4, -0.2) is 40.5 Å². The quantitative estimate of drug-likeness (QED) is 0.310. The van der Waals surface area contributed by atoms with Crippen molar-refractivity contribution in [1.29, 1.82) is 5.26 Å². The van der Waals surface area contributed by atoms with Gasteiger partial charge < -0.3 is 19.4 Å². The number of carbonyl (C=O) groups is 3. The van der Waals surface area contributed by atoms with E-state index in [1.165, 1.54) is 0 Å². The maximum absolute atomic E-state index is 12.9. The molecule has 3 rings (SSSR count). The second-order valence-corrected chi connectivity index (χ2v) is 8.69. The summed E-state index contributed by atoms with van der Waals surface area (Å²) >= 11 is 12.5. The molecule has 0 saturated carbocycles. The van der Waals surface area contributed by atoms with Gasteiger partial charge in [0.1, 0.15) is 6.07 Å². The number of ether oxygens (including phenoxy) is 2. The Morgan fingerprint density at radius 1 is 1.08 bits per heavy atom. The summed E-state index contributed by atoms with van der Waals surface area (Å²) in [6, 6.07) is 10.4. The molecule has 0 amide bonds. The topological polar surface area (TPSA) is 123 Å². The molecule has 0 radical (unpaired) electrons. The number of halogens is 2. The maximum Gasteiger partial charge on any atom is 0.331 e. The van der Waals surface area contributed by atoms with Crippen molar-refractivity contribution in [3.63, 3.8) is 0 Å². The van der Waals surface area contributed by atoms with Gasteiger partial charge in [-0.1, -0.05) is 35.3 Å². The highest BCUT2D eigenvalue weighted by molar-refractivity contribution is 6.39. The number of hydrogen-bond donors (Lipinski definition) is 1. The van der Waals surface area contributed by atoms with E-state index in [0.29, 0.717) is 32.7 Å². The number of imidazole rings is 1. The van der Waals surface area contributed by atoms with Gasteiger partial charge in [0.2, 0.25) is 11.4 Å². The summed E-state index contributed by atoms with van der Waals surface area (Å²) < 4.78 is 11.8. The Bertz CT molecular complexity index is 1360. The van der Waals surface area contributed by atoms with Gasteiger partial charge in [-0.2, -0.15) is 5.26 Å². The van der Waals surface area contributed by atoms with E-state index in [9.17, 15) is 19.6 Å². The van der Waals surface area contributed by atoms with Crippen molar-refractivity contribution in [2.45, 2.75) is 27.2 Å². The molecule has 0 aliphatic carbocycles. The fourth-order valence-electron chi connectivity index (χ4n) is 3.89. The lowest BCUT2D eigenvalue weighted by molar-refractivity contribution is -0.174. The average molecular weight is 531 g/mol. The zero-order valence-corrected chi connectivity index (χ0v) is 21.7. The van der Waals surface area contributed by atoms with E-state index in [1.807, 2.05) is 0 Å². The molecule has 1 heterocycles. The second-order valence-electron chi connectivity index (χ2n) is 7.87. The third kappa shape index (κ3) is 4.74. The molecule has 2 aromatic carbocycles. The third-order valence-electron chi connectivity index (χ3n) is 5.74. The molecule has 0 aliphatic rings. The van der Waals surface area contributed by atoms with Crippen LogP contribution < -0.4 is 5.32 Å². The molecule has 0 atom stereocenters. The third-order valence-corrected chi connectivity index (χ3v) is 6.37. The highest BCUT2D eigenvalue weighted by Crippen LogP contribution is 2.36. The van der Waals surface area contributed by atoms with E-state index in [1.54, 1.807) is 55.8 Å². The van der Waals surface area contributed by atoms with Crippen LogP contribution in [0.4, 0.5) is 11.6 Å². The Hall–Kier alpha value is -3.61. The van der Waals surface area contributed by atoms with Crippen molar-refractivity contribution in [2.24, 2.45) is 12.5 Å². The molecule has 0 aliphatic heterocycles. The Morgan fingerprint density at radius 2 is 1.67 bits per heavy atom. The van der Waals surface area contributed by atoms with Gasteiger partial charge >= 0.3 is 11.9 Å². The van der Waals surface area contributed by atoms with Crippen LogP contribution in [0.25, 0.3) is 11.0 Å². The number of benzene rings is 2. The fraction of sp³-hybridized carbons (Fsp3) is 0.320. The van der Waals surface area contributed by atoms with Crippen LogP contribution in [0.2, 0.25) is 10.0 Å². The maximum atomic E-state index is 12.9. The lowest BCUT2D eigenvalue weighted by Gasteiger charge is -2.27. The molecule has 11 heteroatoms. The van der Waals surface area contributed by atoms with Crippen molar-refractivity contribution in [3.8, 4) is 6.07 Å². The van der Waals surface area contributed by atoms with Gasteiger partial charge in [-0.15, -0.1) is 0 Å². The molecule has 0 bridgehead atoms. The van der Waals surface area contributed by atoms with Gasteiger partial charge in [0.05, 0.1) is 45.5 Å². The number of para-hydroxylation sites is 1. The summed E-state index contributed by atoms with van der Waals surface area (Å²) in [7, 11) is 1.68. The standard InChI is InChI=1S/C25H24Cl2N4O5/c1-5-35-22(33)25(14(3)32,23(34)36-6-2)12-15-10-11-19-21(16(15)13-28)31(4)24(29-19)30-20-17(26)8-7-9-18(20)27/h7-11H,5-6,12H2,1-4H3,(H,29,30). The van der Waals surface area contributed by atoms with Crippen molar-refractivity contribution in [3.05, 3.63) is 51.5 Å². The molecular formula is C25H24Cl2N4O5. The first-order valence-corrected chi connectivity index (χ1v) is 11.8. The minimum atomic E-state index is -2.25. The fourth-order valence-corrected chi connectivity index (χ4v) is 4.39. The SMILES string of the molecule is CCOC(=O)C(Cc1ccc2nc(Nc3c(Cl)cccc3Cl)n(C)c2c1C#N)(C(C)=O)C(=O)OCC. The Labute approximate surface area is 217 Å².